The van der Waals surface area contributed by atoms with Crippen LogP contribution < -0.4 is 11.1 Å². The first-order valence-corrected chi connectivity index (χ1v) is 13.3. The molecule has 3 amide bonds. The van der Waals surface area contributed by atoms with Gasteiger partial charge in [-0.3, -0.25) is 14.4 Å². The maximum absolute atomic E-state index is 13.3. The average Bonchev–Trinajstić information content (AvgIpc) is 3.35. The molecule has 1 aliphatic rings. The van der Waals surface area contributed by atoms with E-state index in [9.17, 15) is 27.6 Å². The number of nitrogens with zero attached hydrogens (tertiary/aromatic N) is 2. The average molecular weight is 574 g/mol. The highest BCUT2D eigenvalue weighted by Crippen LogP contribution is 2.41. The summed E-state index contributed by atoms with van der Waals surface area (Å²) in [7, 11) is 2.02. The van der Waals surface area contributed by atoms with Gasteiger partial charge in [0.25, 0.3) is 11.8 Å². The van der Waals surface area contributed by atoms with Crippen LogP contribution >= 0.6 is 0 Å². The highest BCUT2D eigenvalue weighted by Gasteiger charge is 2.39. The normalized spacial score (nSPS) is 14.5. The van der Waals surface area contributed by atoms with Crippen molar-refractivity contribution in [3.05, 3.63) is 77.9 Å². The molecule has 0 aliphatic carbocycles. The van der Waals surface area contributed by atoms with Gasteiger partial charge in [0.1, 0.15) is 0 Å². The number of hydrogen-bond acceptors (Lipinski definition) is 4. The monoisotopic (exact) mass is 573 g/mol. The summed E-state index contributed by atoms with van der Waals surface area (Å²) in [4.78, 5) is 44.6. The Hall–Kier alpha value is -4.90. The van der Waals surface area contributed by atoms with Gasteiger partial charge < -0.3 is 25.8 Å². The summed E-state index contributed by atoms with van der Waals surface area (Å²) in [6, 6.07) is 18.6. The number of fused-ring (bicyclic) bond motifs is 4. The van der Waals surface area contributed by atoms with Gasteiger partial charge in [-0.15, -0.1) is 0 Å². The minimum atomic E-state index is -5.04. The molecule has 0 radical (unpaired) electrons. The van der Waals surface area contributed by atoms with Crippen molar-refractivity contribution < 1.29 is 27.6 Å². The van der Waals surface area contributed by atoms with E-state index in [0.717, 1.165) is 18.5 Å². The molecule has 0 atom stereocenters. The summed E-state index contributed by atoms with van der Waals surface area (Å²) < 4.78 is 39.0. The standard InChI is InChI=1S/C31H26F3N5O3/c1-38-12-14-39(15-13-38)29(41)17-6-7-22-25(16-17)36-27-23(28(35)40)9-8-21(26(22)27)19-10-11-24(37-30(42)31(32,33)34)20-5-3-2-4-18(19)20/h2-11,16,36H,12-15H2,1H3,(H2,35,40)(H,37,42). The number of hydrogen-bond donors (Lipinski definition) is 3. The minimum absolute atomic E-state index is 0.0210. The van der Waals surface area contributed by atoms with E-state index >= 15 is 0 Å². The van der Waals surface area contributed by atoms with Crippen LogP contribution in [0.2, 0.25) is 0 Å². The van der Waals surface area contributed by atoms with Crippen LogP contribution in [0.15, 0.2) is 66.7 Å². The number of primary amides is 1. The van der Waals surface area contributed by atoms with Crippen LogP contribution in [0.5, 0.6) is 0 Å². The second-order valence-electron chi connectivity index (χ2n) is 10.4. The molecule has 0 unspecified atom stereocenters. The van der Waals surface area contributed by atoms with Crippen LogP contribution in [0.1, 0.15) is 20.7 Å². The van der Waals surface area contributed by atoms with Crippen molar-refractivity contribution in [1.82, 2.24) is 14.8 Å². The van der Waals surface area contributed by atoms with Gasteiger partial charge in [0, 0.05) is 59.1 Å². The predicted molar refractivity (Wildman–Crippen MR) is 155 cm³/mol. The van der Waals surface area contributed by atoms with E-state index in [2.05, 4.69) is 9.88 Å². The van der Waals surface area contributed by atoms with E-state index < -0.39 is 18.0 Å². The molecule has 0 spiro atoms. The number of benzene rings is 4. The van der Waals surface area contributed by atoms with Crippen LogP contribution in [-0.4, -0.2) is 71.9 Å². The third-order valence-electron chi connectivity index (χ3n) is 7.78. The Kier molecular flexibility index (Phi) is 6.61. The first kappa shape index (κ1) is 27.3. The van der Waals surface area contributed by atoms with Crippen LogP contribution in [0.3, 0.4) is 0 Å². The molecule has 8 nitrogen and oxygen atoms in total. The molecule has 11 heteroatoms. The summed E-state index contributed by atoms with van der Waals surface area (Å²) in [6.07, 6.45) is -5.04. The van der Waals surface area contributed by atoms with Gasteiger partial charge in [-0.25, -0.2) is 0 Å². The number of alkyl halides is 3. The second-order valence-corrected chi connectivity index (χ2v) is 10.4. The van der Waals surface area contributed by atoms with Crippen LogP contribution in [0.4, 0.5) is 18.9 Å². The van der Waals surface area contributed by atoms with Crippen molar-refractivity contribution in [3.8, 4) is 11.1 Å². The smallest absolute Gasteiger partial charge is 0.366 e. The first-order valence-electron chi connectivity index (χ1n) is 13.3. The molecule has 1 aliphatic heterocycles. The van der Waals surface area contributed by atoms with Gasteiger partial charge in [-0.05, 0) is 47.8 Å². The van der Waals surface area contributed by atoms with Crippen molar-refractivity contribution in [1.29, 1.82) is 0 Å². The zero-order valence-corrected chi connectivity index (χ0v) is 22.5. The fourth-order valence-corrected chi connectivity index (χ4v) is 5.60. The number of anilines is 1. The van der Waals surface area contributed by atoms with E-state index in [1.165, 1.54) is 6.07 Å². The summed E-state index contributed by atoms with van der Waals surface area (Å²) in [6.45, 7) is 2.84. The van der Waals surface area contributed by atoms with Crippen LogP contribution in [0, 0.1) is 0 Å². The molecule has 0 saturated carbocycles. The number of halogens is 3. The Morgan fingerprint density at radius 3 is 2.24 bits per heavy atom. The lowest BCUT2D eigenvalue weighted by molar-refractivity contribution is -0.167. The van der Waals surface area contributed by atoms with Gasteiger partial charge in [-0.1, -0.05) is 42.5 Å². The zero-order valence-electron chi connectivity index (χ0n) is 22.5. The Morgan fingerprint density at radius 2 is 1.55 bits per heavy atom. The van der Waals surface area contributed by atoms with Crippen molar-refractivity contribution >= 4 is 56.0 Å². The molecule has 4 aromatic carbocycles. The number of amides is 3. The van der Waals surface area contributed by atoms with E-state index in [-0.39, 0.29) is 17.2 Å². The molecule has 4 N–H and O–H groups in total. The zero-order chi connectivity index (χ0) is 29.8. The molecule has 214 valence electrons. The quantitative estimate of drug-likeness (QED) is 0.277. The predicted octanol–water partition coefficient (Wildman–Crippen LogP) is 5.13. The number of carbonyl (C=O) groups excluding carboxylic acids is 3. The number of aromatic nitrogens is 1. The van der Waals surface area contributed by atoms with Crippen molar-refractivity contribution in [2.45, 2.75) is 6.18 Å². The number of carbonyl (C=O) groups is 3. The number of nitrogens with two attached hydrogens (primary N) is 1. The molecule has 5 aromatic rings. The first-order chi connectivity index (χ1) is 20.0. The summed E-state index contributed by atoms with van der Waals surface area (Å²) >= 11 is 0. The van der Waals surface area contributed by atoms with Gasteiger partial charge in [0.2, 0.25) is 0 Å². The molecule has 1 saturated heterocycles. The maximum atomic E-state index is 13.3. The van der Waals surface area contributed by atoms with Crippen molar-refractivity contribution in [2.75, 3.05) is 38.5 Å². The van der Waals surface area contributed by atoms with Crippen molar-refractivity contribution in [3.63, 3.8) is 0 Å². The Labute approximate surface area is 237 Å². The number of rotatable bonds is 4. The van der Waals surface area contributed by atoms with Gasteiger partial charge in [-0.2, -0.15) is 13.2 Å². The minimum Gasteiger partial charge on any atom is -0.366 e. The number of H-pyrrole nitrogens is 1. The molecule has 6 rings (SSSR count). The topological polar surface area (TPSA) is 112 Å². The summed E-state index contributed by atoms with van der Waals surface area (Å²) in [5.41, 5.74) is 9.00. The SMILES string of the molecule is CN1CCN(C(=O)c2ccc3c(c2)[nH]c2c(C(N)=O)ccc(-c4ccc(NC(=O)C(F)(F)F)c5ccccc45)c23)CC1. The highest BCUT2D eigenvalue weighted by molar-refractivity contribution is 6.22. The van der Waals surface area contributed by atoms with Gasteiger partial charge in [0.05, 0.1) is 11.1 Å². The third kappa shape index (κ3) is 4.71. The lowest BCUT2D eigenvalue weighted by Gasteiger charge is -2.32. The van der Waals surface area contributed by atoms with Crippen LogP contribution in [0.25, 0.3) is 43.7 Å². The number of piperazine rings is 1. The number of aromatic amines is 1. The molecule has 1 aromatic heterocycles. The van der Waals surface area contributed by atoms with E-state index in [1.54, 1.807) is 54.6 Å². The lowest BCUT2D eigenvalue weighted by atomic mass is 9.92. The molecular formula is C31H26F3N5O3. The fraction of sp³-hybridized carbons (Fsp3) is 0.194. The summed E-state index contributed by atoms with van der Waals surface area (Å²) in [5.74, 6) is -2.78. The summed E-state index contributed by atoms with van der Waals surface area (Å²) in [5, 5.41) is 4.41. The Bertz CT molecular complexity index is 1910. The molecule has 42 heavy (non-hydrogen) atoms. The largest absolute Gasteiger partial charge is 0.471 e. The van der Waals surface area contributed by atoms with E-state index in [1.807, 2.05) is 23.3 Å². The number of likely N-dealkylation sites (N-methyl/N-ethyl adjacent to an activating group) is 1. The second kappa shape index (κ2) is 10.2. The van der Waals surface area contributed by atoms with Crippen molar-refractivity contribution in [2.24, 2.45) is 5.73 Å². The Balaban J connectivity index is 1.51. The molecular weight excluding hydrogens is 547 g/mol. The number of nitrogens with one attached hydrogen (secondary N) is 2. The maximum Gasteiger partial charge on any atom is 0.471 e. The molecule has 0 bridgehead atoms. The van der Waals surface area contributed by atoms with Gasteiger partial charge in [0.15, 0.2) is 0 Å². The van der Waals surface area contributed by atoms with E-state index in [0.29, 0.717) is 57.0 Å². The van der Waals surface area contributed by atoms with Gasteiger partial charge >= 0.3 is 12.1 Å². The molecule has 1 fully saturated rings. The lowest BCUT2D eigenvalue weighted by Crippen LogP contribution is -2.47. The highest BCUT2D eigenvalue weighted by atomic mass is 19.4. The fourth-order valence-electron chi connectivity index (χ4n) is 5.60. The Morgan fingerprint density at radius 1 is 0.857 bits per heavy atom. The van der Waals surface area contributed by atoms with E-state index in [4.69, 9.17) is 5.73 Å². The third-order valence-corrected chi connectivity index (χ3v) is 7.78. The van der Waals surface area contributed by atoms with Crippen LogP contribution in [-0.2, 0) is 4.79 Å². The molecule has 2 heterocycles.